The summed E-state index contributed by atoms with van der Waals surface area (Å²) in [5.41, 5.74) is 2.03. The smallest absolute Gasteiger partial charge is 0.264 e. The van der Waals surface area contributed by atoms with Crippen LogP contribution >= 0.6 is 0 Å². The minimum Gasteiger partial charge on any atom is -0.478 e. The summed E-state index contributed by atoms with van der Waals surface area (Å²) < 4.78 is 44.9. The number of amides is 1. The number of carbonyl (C=O) groups excluding carboxylic acids is 1. The topological polar surface area (TPSA) is 108 Å². The fraction of sp³-hybridized carbons (Fsp3) is 0.533. The normalized spacial score (nSPS) is 12.8. The van der Waals surface area contributed by atoms with E-state index in [1.165, 1.54) is 45.2 Å². The highest BCUT2D eigenvalue weighted by atomic mass is 32.2. The van der Waals surface area contributed by atoms with E-state index in [1.807, 2.05) is 5.48 Å². The molecule has 0 spiro atoms. The maximum atomic E-state index is 12.6. The molecule has 144 valence electrons. The number of hydroxylamine groups is 1. The molecule has 0 aliphatic rings. The van der Waals surface area contributed by atoms with E-state index in [0.29, 0.717) is 12.4 Å². The van der Waals surface area contributed by atoms with Gasteiger partial charge in [0, 0.05) is 0 Å². The molecule has 8 nitrogen and oxygen atoms in total. The molecule has 10 heteroatoms. The lowest BCUT2D eigenvalue weighted by Gasteiger charge is -2.23. The molecule has 0 saturated heterocycles. The third-order valence-electron chi connectivity index (χ3n) is 3.12. The zero-order valence-corrected chi connectivity index (χ0v) is 15.5. The fourth-order valence-electron chi connectivity index (χ4n) is 1.63. The van der Waals surface area contributed by atoms with Crippen molar-refractivity contribution in [1.29, 1.82) is 0 Å². The summed E-state index contributed by atoms with van der Waals surface area (Å²) in [6.07, 6.45) is 0. The van der Waals surface area contributed by atoms with E-state index in [-0.39, 0.29) is 18.3 Å². The Labute approximate surface area is 151 Å². The van der Waals surface area contributed by atoms with Crippen molar-refractivity contribution in [3.05, 3.63) is 24.3 Å². The second-order valence-electron chi connectivity index (χ2n) is 5.09. The van der Waals surface area contributed by atoms with E-state index >= 15 is 0 Å². The SMILES string of the molecule is C.CCOS(=O)COc1ccc(S(=O)(=O)C(C)(C)C(=O)NOC)cc1. The van der Waals surface area contributed by atoms with Crippen LogP contribution in [0.15, 0.2) is 29.2 Å². The summed E-state index contributed by atoms with van der Waals surface area (Å²) in [5, 5.41) is 0. The molecule has 1 atom stereocenters. The van der Waals surface area contributed by atoms with E-state index in [4.69, 9.17) is 8.92 Å². The molecule has 0 bridgehead atoms. The Hall–Kier alpha value is -1.49. The summed E-state index contributed by atoms with van der Waals surface area (Å²) in [4.78, 5) is 16.3. The third kappa shape index (κ3) is 5.77. The summed E-state index contributed by atoms with van der Waals surface area (Å²) >= 11 is -1.57. The lowest BCUT2D eigenvalue weighted by molar-refractivity contribution is -0.133. The number of hydrogen-bond donors (Lipinski definition) is 1. The minimum atomic E-state index is -3.95. The monoisotopic (exact) mass is 395 g/mol. The van der Waals surface area contributed by atoms with Gasteiger partial charge in [0.2, 0.25) is 0 Å². The predicted molar refractivity (Wildman–Crippen MR) is 94.9 cm³/mol. The molecule has 0 saturated carbocycles. The van der Waals surface area contributed by atoms with Crippen molar-refractivity contribution in [2.45, 2.75) is 37.8 Å². The largest absolute Gasteiger partial charge is 0.478 e. The van der Waals surface area contributed by atoms with E-state index in [0.717, 1.165) is 0 Å². The van der Waals surface area contributed by atoms with Crippen LogP contribution in [0.3, 0.4) is 0 Å². The summed E-state index contributed by atoms with van der Waals surface area (Å²) in [6, 6.07) is 5.47. The van der Waals surface area contributed by atoms with Gasteiger partial charge in [0.05, 0.1) is 18.6 Å². The van der Waals surface area contributed by atoms with Crippen LogP contribution in [0.1, 0.15) is 28.2 Å². The highest BCUT2D eigenvalue weighted by Gasteiger charge is 2.43. The first-order valence-corrected chi connectivity index (χ1v) is 9.72. The maximum absolute atomic E-state index is 12.6. The third-order valence-corrected chi connectivity index (χ3v) is 6.35. The zero-order valence-electron chi connectivity index (χ0n) is 13.9. The van der Waals surface area contributed by atoms with Gasteiger partial charge in [-0.15, -0.1) is 0 Å². The van der Waals surface area contributed by atoms with E-state index < -0.39 is 31.6 Å². The quantitative estimate of drug-likeness (QED) is 0.633. The average Bonchev–Trinajstić information content (AvgIpc) is 2.53. The van der Waals surface area contributed by atoms with Crippen LogP contribution in [0, 0.1) is 0 Å². The number of benzene rings is 1. The van der Waals surface area contributed by atoms with E-state index in [9.17, 15) is 17.4 Å². The van der Waals surface area contributed by atoms with E-state index in [1.54, 1.807) is 6.92 Å². The lowest BCUT2D eigenvalue weighted by atomic mass is 10.2. The Morgan fingerprint density at radius 3 is 2.28 bits per heavy atom. The number of carbonyl (C=O) groups is 1. The van der Waals surface area contributed by atoms with Crippen LogP contribution in [0.4, 0.5) is 0 Å². The van der Waals surface area contributed by atoms with Gasteiger partial charge in [-0.05, 0) is 45.0 Å². The molecule has 25 heavy (non-hydrogen) atoms. The van der Waals surface area contributed by atoms with Crippen molar-refractivity contribution in [3.63, 3.8) is 0 Å². The summed E-state index contributed by atoms with van der Waals surface area (Å²) in [5.74, 6) is -0.611. The first kappa shape index (κ1) is 23.5. The molecule has 1 aromatic rings. The molecule has 1 aromatic carbocycles. The molecule has 0 radical (unpaired) electrons. The molecule has 0 aliphatic carbocycles. The molecular formula is C15H25NO7S2. The van der Waals surface area contributed by atoms with Crippen molar-refractivity contribution < 1.29 is 31.2 Å². The lowest BCUT2D eigenvalue weighted by Crippen LogP contribution is -2.47. The summed E-state index contributed by atoms with van der Waals surface area (Å²) in [7, 11) is -2.73. The molecule has 1 N–H and O–H groups in total. The van der Waals surface area contributed by atoms with Crippen LogP contribution in [0.2, 0.25) is 0 Å². The van der Waals surface area contributed by atoms with Gasteiger partial charge >= 0.3 is 0 Å². The second kappa shape index (κ2) is 9.85. The number of rotatable bonds is 9. The Bertz CT molecular complexity index is 684. The molecule has 0 aromatic heterocycles. The predicted octanol–water partition coefficient (Wildman–Crippen LogP) is 1.59. The van der Waals surface area contributed by atoms with Crippen LogP contribution in [0.25, 0.3) is 0 Å². The molecule has 1 unspecified atom stereocenters. The van der Waals surface area contributed by atoms with Crippen molar-refractivity contribution in [2.24, 2.45) is 0 Å². The standard InChI is InChI=1S/C14H21NO7S2.CH4/c1-5-22-23(17)10-21-11-6-8-12(9-7-11)24(18,19)14(2,3)13(16)15-20-4;/h6-9H,5,10H2,1-4H3,(H,15,16);1H4. The van der Waals surface area contributed by atoms with Gasteiger partial charge in [-0.3, -0.25) is 13.8 Å². The second-order valence-corrected chi connectivity index (χ2v) is 8.67. The van der Waals surface area contributed by atoms with Crippen LogP contribution < -0.4 is 10.2 Å². The Kier molecular flexibility index (Phi) is 9.27. The first-order chi connectivity index (χ1) is 11.2. The first-order valence-electron chi connectivity index (χ1n) is 6.99. The maximum Gasteiger partial charge on any atom is 0.264 e. The zero-order chi connectivity index (χ0) is 18.4. The van der Waals surface area contributed by atoms with Gasteiger partial charge in [-0.1, -0.05) is 7.43 Å². The summed E-state index contributed by atoms with van der Waals surface area (Å²) in [6.45, 7) is 4.57. The Morgan fingerprint density at radius 2 is 1.80 bits per heavy atom. The molecular weight excluding hydrogens is 370 g/mol. The van der Waals surface area contributed by atoms with Crippen LogP contribution in [0.5, 0.6) is 5.75 Å². The number of ether oxygens (including phenoxy) is 1. The molecule has 1 rings (SSSR count). The van der Waals surface area contributed by atoms with Crippen LogP contribution in [-0.4, -0.2) is 42.9 Å². The molecule has 0 fully saturated rings. The van der Waals surface area contributed by atoms with Gasteiger partial charge in [0.15, 0.2) is 31.6 Å². The van der Waals surface area contributed by atoms with Crippen molar-refractivity contribution in [1.82, 2.24) is 5.48 Å². The van der Waals surface area contributed by atoms with Crippen LogP contribution in [-0.2, 0) is 34.7 Å². The van der Waals surface area contributed by atoms with Crippen molar-refractivity contribution in [2.75, 3.05) is 19.7 Å². The fourth-order valence-corrected chi connectivity index (χ4v) is 3.56. The van der Waals surface area contributed by atoms with E-state index in [2.05, 4.69) is 4.84 Å². The van der Waals surface area contributed by atoms with Gasteiger partial charge < -0.3 is 4.74 Å². The van der Waals surface area contributed by atoms with Crippen molar-refractivity contribution in [3.8, 4) is 5.75 Å². The highest BCUT2D eigenvalue weighted by molar-refractivity contribution is 7.93. The van der Waals surface area contributed by atoms with Gasteiger partial charge in [-0.2, -0.15) is 0 Å². The highest BCUT2D eigenvalue weighted by Crippen LogP contribution is 2.27. The number of sulfone groups is 1. The van der Waals surface area contributed by atoms with Gasteiger partial charge in [-0.25, -0.2) is 18.1 Å². The molecule has 0 aliphatic heterocycles. The Morgan fingerprint density at radius 1 is 1.24 bits per heavy atom. The molecule has 0 heterocycles. The average molecular weight is 395 g/mol. The number of nitrogens with one attached hydrogen (secondary N) is 1. The Balaban J connectivity index is 0.00000576. The van der Waals surface area contributed by atoms with Gasteiger partial charge in [0.1, 0.15) is 5.75 Å². The van der Waals surface area contributed by atoms with Crippen molar-refractivity contribution >= 4 is 26.8 Å². The van der Waals surface area contributed by atoms with Gasteiger partial charge in [0.25, 0.3) is 5.91 Å². The molecule has 1 amide bonds. The minimum absolute atomic E-state index is 0. The number of hydrogen-bond acceptors (Lipinski definition) is 7.